The van der Waals surface area contributed by atoms with Crippen LogP contribution in [0.4, 0.5) is 0 Å². The SMILES string of the molecule is CC(C)(C)N1CCC(NCc2ccc(C(=O)O)o2)CC1. The molecule has 5 nitrogen and oxygen atoms in total. The lowest BCUT2D eigenvalue weighted by Gasteiger charge is -2.41. The largest absolute Gasteiger partial charge is 0.475 e. The second kappa shape index (κ2) is 5.97. The number of hydrogen-bond donors (Lipinski definition) is 2. The molecule has 2 N–H and O–H groups in total. The molecule has 2 rings (SSSR count). The van der Waals surface area contributed by atoms with Crippen LogP contribution in [0, 0.1) is 0 Å². The van der Waals surface area contributed by atoms with E-state index in [1.807, 2.05) is 0 Å². The van der Waals surface area contributed by atoms with Gasteiger partial charge in [-0.25, -0.2) is 4.79 Å². The van der Waals surface area contributed by atoms with E-state index in [0.29, 0.717) is 18.3 Å². The highest BCUT2D eigenvalue weighted by atomic mass is 16.4. The van der Waals surface area contributed by atoms with Gasteiger partial charge in [0.1, 0.15) is 5.76 Å². The first-order valence-electron chi connectivity index (χ1n) is 7.17. The van der Waals surface area contributed by atoms with E-state index in [1.165, 1.54) is 6.07 Å². The monoisotopic (exact) mass is 280 g/mol. The zero-order valence-electron chi connectivity index (χ0n) is 12.5. The zero-order valence-corrected chi connectivity index (χ0v) is 12.5. The summed E-state index contributed by atoms with van der Waals surface area (Å²) in [5.74, 6) is -0.334. The summed E-state index contributed by atoms with van der Waals surface area (Å²) in [5, 5.41) is 12.2. The maximum atomic E-state index is 10.7. The number of aromatic carboxylic acids is 1. The molecule has 1 saturated heterocycles. The number of nitrogens with zero attached hydrogens (tertiary/aromatic N) is 1. The molecule has 0 amide bonds. The van der Waals surface area contributed by atoms with Crippen LogP contribution < -0.4 is 5.32 Å². The predicted molar refractivity (Wildman–Crippen MR) is 76.9 cm³/mol. The molecule has 1 aromatic rings. The molecule has 0 atom stereocenters. The molecule has 0 saturated carbocycles. The Morgan fingerprint density at radius 1 is 1.40 bits per heavy atom. The number of carboxylic acids is 1. The third-order valence-corrected chi connectivity index (χ3v) is 3.88. The van der Waals surface area contributed by atoms with E-state index in [-0.39, 0.29) is 11.3 Å². The summed E-state index contributed by atoms with van der Waals surface area (Å²) >= 11 is 0. The van der Waals surface area contributed by atoms with Gasteiger partial charge in [-0.1, -0.05) is 0 Å². The number of rotatable bonds is 4. The smallest absolute Gasteiger partial charge is 0.371 e. The first kappa shape index (κ1) is 15.1. The van der Waals surface area contributed by atoms with Gasteiger partial charge in [0.05, 0.1) is 6.54 Å². The fraction of sp³-hybridized carbons (Fsp3) is 0.667. The summed E-state index contributed by atoms with van der Waals surface area (Å²) in [6, 6.07) is 3.70. The van der Waals surface area contributed by atoms with Crippen LogP contribution in [0.3, 0.4) is 0 Å². The summed E-state index contributed by atoms with van der Waals surface area (Å²) in [6.07, 6.45) is 2.23. The van der Waals surface area contributed by atoms with Gasteiger partial charge >= 0.3 is 5.97 Å². The van der Waals surface area contributed by atoms with E-state index < -0.39 is 5.97 Å². The van der Waals surface area contributed by atoms with E-state index in [9.17, 15) is 4.79 Å². The summed E-state index contributed by atoms with van der Waals surface area (Å²) in [5.41, 5.74) is 0.238. The van der Waals surface area contributed by atoms with Gasteiger partial charge in [-0.2, -0.15) is 0 Å². The van der Waals surface area contributed by atoms with Gasteiger partial charge in [0.2, 0.25) is 5.76 Å². The van der Waals surface area contributed by atoms with E-state index >= 15 is 0 Å². The van der Waals surface area contributed by atoms with Crippen LogP contribution in [0.2, 0.25) is 0 Å². The minimum Gasteiger partial charge on any atom is -0.475 e. The van der Waals surface area contributed by atoms with Crippen molar-refractivity contribution in [3.63, 3.8) is 0 Å². The predicted octanol–water partition coefficient (Wildman–Crippen LogP) is 2.33. The summed E-state index contributed by atoms with van der Waals surface area (Å²) < 4.78 is 5.24. The Hall–Kier alpha value is -1.33. The van der Waals surface area contributed by atoms with Crippen LogP contribution in [-0.2, 0) is 6.54 Å². The zero-order chi connectivity index (χ0) is 14.8. The van der Waals surface area contributed by atoms with Gasteiger partial charge in [0, 0.05) is 24.7 Å². The van der Waals surface area contributed by atoms with Gasteiger partial charge < -0.3 is 14.8 Å². The van der Waals surface area contributed by atoms with Crippen molar-refractivity contribution in [2.45, 2.75) is 51.7 Å². The van der Waals surface area contributed by atoms with Gasteiger partial charge in [-0.05, 0) is 45.7 Å². The Balaban J connectivity index is 1.77. The lowest BCUT2D eigenvalue weighted by atomic mass is 9.98. The van der Waals surface area contributed by atoms with Crippen molar-refractivity contribution < 1.29 is 14.3 Å². The Bertz CT molecular complexity index is 454. The molecule has 0 radical (unpaired) electrons. The van der Waals surface area contributed by atoms with E-state index in [4.69, 9.17) is 9.52 Å². The number of carbonyl (C=O) groups is 1. The fourth-order valence-electron chi connectivity index (χ4n) is 2.59. The van der Waals surface area contributed by atoms with Crippen LogP contribution in [0.25, 0.3) is 0 Å². The maximum Gasteiger partial charge on any atom is 0.371 e. The van der Waals surface area contributed by atoms with Crippen molar-refractivity contribution in [2.24, 2.45) is 0 Å². The molecule has 1 aliphatic rings. The third-order valence-electron chi connectivity index (χ3n) is 3.88. The van der Waals surface area contributed by atoms with Crippen molar-refractivity contribution in [3.8, 4) is 0 Å². The van der Waals surface area contributed by atoms with Crippen molar-refractivity contribution >= 4 is 5.97 Å². The molecule has 0 aromatic carbocycles. The molecule has 0 bridgehead atoms. The second-order valence-electron chi connectivity index (χ2n) is 6.38. The van der Waals surface area contributed by atoms with Crippen LogP contribution in [0.1, 0.15) is 49.9 Å². The van der Waals surface area contributed by atoms with Gasteiger partial charge in [-0.15, -0.1) is 0 Å². The average molecular weight is 280 g/mol. The molecule has 20 heavy (non-hydrogen) atoms. The molecule has 2 heterocycles. The number of hydrogen-bond acceptors (Lipinski definition) is 4. The van der Waals surface area contributed by atoms with Crippen LogP contribution in [0.5, 0.6) is 0 Å². The summed E-state index contributed by atoms with van der Waals surface area (Å²) in [7, 11) is 0. The molecule has 0 unspecified atom stereocenters. The Kier molecular flexibility index (Phi) is 4.50. The third kappa shape index (κ3) is 3.84. The van der Waals surface area contributed by atoms with E-state index in [0.717, 1.165) is 25.9 Å². The lowest BCUT2D eigenvalue weighted by Crippen LogP contribution is -2.49. The Morgan fingerprint density at radius 2 is 2.05 bits per heavy atom. The minimum absolute atomic E-state index is 0.00403. The fourth-order valence-corrected chi connectivity index (χ4v) is 2.59. The molecular formula is C15H24N2O3. The van der Waals surface area contributed by atoms with Crippen LogP contribution >= 0.6 is 0 Å². The van der Waals surface area contributed by atoms with Gasteiger partial charge in [0.25, 0.3) is 0 Å². The van der Waals surface area contributed by atoms with E-state index in [2.05, 4.69) is 31.0 Å². The molecule has 1 fully saturated rings. The topological polar surface area (TPSA) is 65.7 Å². The van der Waals surface area contributed by atoms with Gasteiger partial charge in [0.15, 0.2) is 0 Å². The maximum absolute atomic E-state index is 10.7. The molecule has 0 spiro atoms. The Morgan fingerprint density at radius 3 is 2.55 bits per heavy atom. The molecular weight excluding hydrogens is 256 g/mol. The number of carboxylic acid groups (broad SMARTS) is 1. The first-order chi connectivity index (χ1) is 9.36. The number of nitrogens with one attached hydrogen (secondary N) is 1. The molecule has 1 aliphatic heterocycles. The molecule has 112 valence electrons. The average Bonchev–Trinajstić information content (AvgIpc) is 2.85. The normalized spacial score (nSPS) is 18.4. The van der Waals surface area contributed by atoms with Crippen molar-refractivity contribution in [2.75, 3.05) is 13.1 Å². The summed E-state index contributed by atoms with van der Waals surface area (Å²) in [4.78, 5) is 13.2. The Labute approximate surface area is 119 Å². The van der Waals surface area contributed by atoms with Gasteiger partial charge in [-0.3, -0.25) is 4.90 Å². The number of furan rings is 1. The molecule has 1 aromatic heterocycles. The number of likely N-dealkylation sites (tertiary alicyclic amines) is 1. The standard InChI is InChI=1S/C15H24N2O3/c1-15(2,3)17-8-6-11(7-9-17)16-10-12-4-5-13(20-12)14(18)19/h4-5,11,16H,6-10H2,1-3H3,(H,18,19). The molecule has 0 aliphatic carbocycles. The quantitative estimate of drug-likeness (QED) is 0.886. The highest BCUT2D eigenvalue weighted by molar-refractivity contribution is 5.84. The lowest BCUT2D eigenvalue weighted by molar-refractivity contribution is 0.0660. The summed E-state index contributed by atoms with van der Waals surface area (Å²) in [6.45, 7) is 9.53. The van der Waals surface area contributed by atoms with Crippen LogP contribution in [-0.4, -0.2) is 40.6 Å². The first-order valence-corrected chi connectivity index (χ1v) is 7.17. The minimum atomic E-state index is -1.02. The van der Waals surface area contributed by atoms with E-state index in [1.54, 1.807) is 6.07 Å². The second-order valence-corrected chi connectivity index (χ2v) is 6.38. The number of piperidine rings is 1. The highest BCUT2D eigenvalue weighted by Crippen LogP contribution is 2.20. The highest BCUT2D eigenvalue weighted by Gasteiger charge is 2.26. The molecule has 5 heteroatoms. The van der Waals surface area contributed by atoms with Crippen molar-refractivity contribution in [3.05, 3.63) is 23.7 Å². The van der Waals surface area contributed by atoms with Crippen LogP contribution in [0.15, 0.2) is 16.5 Å². The van der Waals surface area contributed by atoms with Crippen molar-refractivity contribution in [1.29, 1.82) is 0 Å². The van der Waals surface area contributed by atoms with Crippen molar-refractivity contribution in [1.82, 2.24) is 10.2 Å².